The molecule has 180 valence electrons. The van der Waals surface area contributed by atoms with Crippen molar-refractivity contribution in [1.82, 2.24) is 5.32 Å². The van der Waals surface area contributed by atoms with Crippen LogP contribution in [-0.2, 0) is 15.8 Å². The average molecular weight is 566 g/mol. The van der Waals surface area contributed by atoms with Crippen LogP contribution in [0.25, 0.3) is 5.57 Å². The molecule has 0 radical (unpaired) electrons. The minimum atomic E-state index is -4.86. The van der Waals surface area contributed by atoms with E-state index in [-0.39, 0.29) is 69.4 Å². The van der Waals surface area contributed by atoms with Gasteiger partial charge >= 0.3 is 64.4 Å². The Morgan fingerprint density at radius 2 is 1.91 bits per heavy atom. The molecule has 0 bridgehead atoms. The smallest absolute Gasteiger partial charge is 0.368 e. The largest absolute Gasteiger partial charge is 1.00 e. The summed E-state index contributed by atoms with van der Waals surface area (Å²) >= 11 is 0. The third-order valence-corrected chi connectivity index (χ3v) is 5.13. The first-order valence-electron chi connectivity index (χ1n) is 9.97. The quantitative estimate of drug-likeness (QED) is 0.321. The van der Waals surface area contributed by atoms with E-state index in [9.17, 15) is 27.6 Å². The number of nitrogens with two attached hydrogens (primary N) is 1. The molecule has 0 fully saturated rings. The van der Waals surface area contributed by atoms with Crippen molar-refractivity contribution in [2.24, 2.45) is 5.73 Å². The van der Waals surface area contributed by atoms with Crippen LogP contribution in [0.4, 0.5) is 27.6 Å². The van der Waals surface area contributed by atoms with Crippen LogP contribution in [0.1, 0.15) is 33.5 Å². The standard InChI is InChI=1S/C23H19F5N3O3.Rb/c1-13-6-7-18-15(10-13)17(11-20(33)30-12-19(29)32)22(24,25)8-9-31(18)21(34)14-4-2-3-5-16(14)23(26,27)28;/h2,4-7,10-11H,8-9,12H2,1H3,(H2,29,32)(H,30,33);/q-1;+1/b17-11-;. The number of rotatable bonds is 4. The van der Waals surface area contributed by atoms with E-state index in [1.54, 1.807) is 6.92 Å². The molecule has 2 aromatic rings. The molecule has 1 aliphatic heterocycles. The number of halogens is 5. The Bertz CT molecular complexity index is 1180. The second kappa shape index (κ2) is 11.4. The summed E-state index contributed by atoms with van der Waals surface area (Å²) in [4.78, 5) is 37.1. The van der Waals surface area contributed by atoms with E-state index in [0.29, 0.717) is 17.7 Å². The van der Waals surface area contributed by atoms with Crippen molar-refractivity contribution >= 4 is 29.0 Å². The molecule has 0 spiro atoms. The van der Waals surface area contributed by atoms with Crippen molar-refractivity contribution in [3.05, 3.63) is 70.8 Å². The molecule has 1 aliphatic rings. The molecule has 2 aromatic carbocycles. The van der Waals surface area contributed by atoms with Crippen molar-refractivity contribution in [2.45, 2.75) is 25.4 Å². The van der Waals surface area contributed by atoms with Gasteiger partial charge in [0.25, 0.3) is 5.92 Å². The molecule has 12 heteroatoms. The van der Waals surface area contributed by atoms with Gasteiger partial charge in [0.05, 0.1) is 12.2 Å². The fourth-order valence-electron chi connectivity index (χ4n) is 3.55. The second-order valence-corrected chi connectivity index (χ2v) is 7.64. The molecule has 35 heavy (non-hydrogen) atoms. The predicted molar refractivity (Wildman–Crippen MR) is 113 cm³/mol. The minimum absolute atomic E-state index is 0. The zero-order valence-corrected chi connectivity index (χ0v) is 23.7. The number of alkyl halides is 5. The minimum Gasteiger partial charge on any atom is -0.368 e. The summed E-state index contributed by atoms with van der Waals surface area (Å²) in [7, 11) is 0. The molecule has 0 aliphatic carbocycles. The van der Waals surface area contributed by atoms with Crippen LogP contribution in [0.3, 0.4) is 0 Å². The van der Waals surface area contributed by atoms with E-state index in [1.807, 2.05) is 0 Å². The predicted octanol–water partition coefficient (Wildman–Crippen LogP) is 0.489. The van der Waals surface area contributed by atoms with Gasteiger partial charge in [0, 0.05) is 30.2 Å². The Kier molecular flexibility index (Phi) is 9.54. The number of benzene rings is 2. The Balaban J connectivity index is 0.00000432. The van der Waals surface area contributed by atoms with Gasteiger partial charge < -0.3 is 16.0 Å². The van der Waals surface area contributed by atoms with Gasteiger partial charge in [-0.15, -0.1) is 0 Å². The molecule has 0 saturated carbocycles. The fourth-order valence-corrected chi connectivity index (χ4v) is 3.55. The van der Waals surface area contributed by atoms with Crippen LogP contribution in [0, 0.1) is 13.0 Å². The van der Waals surface area contributed by atoms with Crippen LogP contribution in [-0.4, -0.2) is 36.7 Å². The van der Waals surface area contributed by atoms with Gasteiger partial charge in [0.1, 0.15) is 0 Å². The van der Waals surface area contributed by atoms with Crippen LogP contribution in [0.5, 0.6) is 0 Å². The number of anilines is 1. The zero-order valence-electron chi connectivity index (χ0n) is 18.8. The summed E-state index contributed by atoms with van der Waals surface area (Å²) in [6.07, 6.45) is -5.21. The zero-order chi connectivity index (χ0) is 25.3. The van der Waals surface area contributed by atoms with E-state index in [4.69, 9.17) is 5.73 Å². The number of nitrogens with zero attached hydrogens (tertiary/aromatic N) is 1. The monoisotopic (exact) mass is 565 g/mol. The first-order valence-corrected chi connectivity index (χ1v) is 9.97. The van der Waals surface area contributed by atoms with E-state index in [0.717, 1.165) is 17.0 Å². The molecule has 0 aromatic heterocycles. The summed E-state index contributed by atoms with van der Waals surface area (Å²) in [6, 6.07) is 9.09. The van der Waals surface area contributed by atoms with Crippen LogP contribution in [0.2, 0.25) is 0 Å². The number of hydrogen-bond acceptors (Lipinski definition) is 3. The molecule has 3 N–H and O–H groups in total. The van der Waals surface area contributed by atoms with E-state index in [1.165, 1.54) is 18.2 Å². The molecule has 6 nitrogen and oxygen atoms in total. The van der Waals surface area contributed by atoms with Gasteiger partial charge in [-0.3, -0.25) is 14.4 Å². The summed E-state index contributed by atoms with van der Waals surface area (Å²) in [5.74, 6) is -6.63. The van der Waals surface area contributed by atoms with Gasteiger partial charge in [-0.2, -0.15) is 37.4 Å². The molecule has 3 rings (SSSR count). The SMILES string of the molecule is Cc1ccc2c(c1)/C(=C/C(=O)NCC(N)=O)C(F)(F)CCN2C(=O)c1cc[c-]cc1C(F)(F)F.[Rb+]. The summed E-state index contributed by atoms with van der Waals surface area (Å²) < 4.78 is 70.7. The number of hydrogen-bond donors (Lipinski definition) is 2. The molecular weight excluding hydrogens is 547 g/mol. The molecule has 0 unspecified atom stereocenters. The fraction of sp³-hybridized carbons (Fsp3) is 0.261. The number of aryl methyl sites for hydroxylation is 1. The summed E-state index contributed by atoms with van der Waals surface area (Å²) in [5.41, 5.74) is 2.49. The van der Waals surface area contributed by atoms with E-state index in [2.05, 4.69) is 11.4 Å². The maximum Gasteiger partial charge on any atom is 1.00 e. The van der Waals surface area contributed by atoms with Gasteiger partial charge in [-0.05, 0) is 24.6 Å². The molecule has 3 amide bonds. The van der Waals surface area contributed by atoms with Gasteiger partial charge in [-0.25, -0.2) is 8.78 Å². The summed E-state index contributed by atoms with van der Waals surface area (Å²) in [6.45, 7) is 0.401. The average Bonchev–Trinajstić information content (AvgIpc) is 2.85. The number of primary amides is 1. The maximum absolute atomic E-state index is 15.1. The van der Waals surface area contributed by atoms with Crippen LogP contribution >= 0.6 is 0 Å². The number of nitrogens with one attached hydrogen (secondary N) is 1. The molecule has 1 heterocycles. The van der Waals surface area contributed by atoms with Crippen molar-refractivity contribution in [3.8, 4) is 0 Å². The molecule has 0 saturated heterocycles. The normalized spacial score (nSPS) is 16.1. The van der Waals surface area contributed by atoms with Crippen molar-refractivity contribution in [2.75, 3.05) is 18.0 Å². The van der Waals surface area contributed by atoms with E-state index < -0.39 is 66.0 Å². The third-order valence-electron chi connectivity index (χ3n) is 5.13. The molecule has 0 atom stereocenters. The van der Waals surface area contributed by atoms with Gasteiger partial charge in [0.15, 0.2) is 0 Å². The molecular formula is C23H19F5N3O3Rb. The van der Waals surface area contributed by atoms with Gasteiger partial charge in [0.2, 0.25) is 17.7 Å². The number of allylic oxidation sites excluding steroid dienone is 1. The van der Waals surface area contributed by atoms with Crippen LogP contribution < -0.4 is 74.1 Å². The van der Waals surface area contributed by atoms with E-state index >= 15 is 8.78 Å². The Morgan fingerprint density at radius 3 is 2.54 bits per heavy atom. The second-order valence-electron chi connectivity index (χ2n) is 7.64. The first-order chi connectivity index (χ1) is 15.8. The Labute approximate surface area is 246 Å². The number of carbonyl (C=O) groups is 3. The summed E-state index contributed by atoms with van der Waals surface area (Å²) in [5, 5.41) is 2.08. The van der Waals surface area contributed by atoms with Crippen LogP contribution in [0.15, 0.2) is 42.5 Å². The number of amides is 3. The Hall–Kier alpha value is -1.95. The van der Waals surface area contributed by atoms with Gasteiger partial charge in [-0.1, -0.05) is 17.2 Å². The van der Waals surface area contributed by atoms with Crippen molar-refractivity contribution in [3.63, 3.8) is 0 Å². The number of fused-ring (bicyclic) bond motifs is 1. The topological polar surface area (TPSA) is 92.5 Å². The maximum atomic E-state index is 15.1. The third kappa shape index (κ3) is 6.84. The van der Waals surface area contributed by atoms with Crippen molar-refractivity contribution < 1.29 is 94.5 Å². The Morgan fingerprint density at radius 1 is 1.23 bits per heavy atom. The first kappa shape index (κ1) is 29.3. The number of carbonyl (C=O) groups excluding carboxylic acids is 3. The van der Waals surface area contributed by atoms with Crippen molar-refractivity contribution in [1.29, 1.82) is 0 Å².